The van der Waals surface area contributed by atoms with Gasteiger partial charge in [0.15, 0.2) is 6.10 Å². The van der Waals surface area contributed by atoms with E-state index in [0.717, 1.165) is 25.9 Å². The first kappa shape index (κ1) is 11.4. The Hall–Kier alpha value is -0.650. The largest absolute Gasteiger partial charge is 0.460 e. The van der Waals surface area contributed by atoms with E-state index in [2.05, 4.69) is 4.90 Å². The maximum absolute atomic E-state index is 11.2. The molecule has 1 saturated heterocycles. The third kappa shape index (κ3) is 3.25. The number of likely N-dealkylation sites (tertiary alicyclic amines) is 1. The summed E-state index contributed by atoms with van der Waals surface area (Å²) in [5.41, 5.74) is 5.14. The predicted molar refractivity (Wildman–Crippen MR) is 51.7 cm³/mol. The lowest BCUT2D eigenvalue weighted by Crippen LogP contribution is -2.39. The molecule has 82 valence electrons. The Morgan fingerprint density at radius 2 is 2.21 bits per heavy atom. The zero-order valence-corrected chi connectivity index (χ0v) is 8.48. The van der Waals surface area contributed by atoms with E-state index in [0.29, 0.717) is 0 Å². The van der Waals surface area contributed by atoms with Crippen molar-refractivity contribution >= 4 is 5.97 Å². The number of carbonyl (C=O) groups is 1. The molecule has 0 aromatic heterocycles. The fourth-order valence-electron chi connectivity index (χ4n) is 1.44. The minimum atomic E-state index is -1.17. The van der Waals surface area contributed by atoms with E-state index in [1.165, 1.54) is 0 Å². The molecule has 3 N–H and O–H groups in total. The van der Waals surface area contributed by atoms with Crippen molar-refractivity contribution in [3.63, 3.8) is 0 Å². The van der Waals surface area contributed by atoms with Crippen LogP contribution < -0.4 is 5.73 Å². The van der Waals surface area contributed by atoms with Crippen molar-refractivity contribution in [2.24, 2.45) is 5.73 Å². The van der Waals surface area contributed by atoms with Crippen molar-refractivity contribution in [1.82, 2.24) is 4.90 Å². The molecule has 1 unspecified atom stereocenters. The van der Waals surface area contributed by atoms with Gasteiger partial charge in [-0.05, 0) is 19.9 Å². The molecule has 5 heteroatoms. The number of aliphatic hydroxyl groups excluding tert-OH is 1. The van der Waals surface area contributed by atoms with E-state index in [9.17, 15) is 4.79 Å². The van der Waals surface area contributed by atoms with E-state index in [-0.39, 0.29) is 12.6 Å². The van der Waals surface area contributed by atoms with Crippen LogP contribution in [0.1, 0.15) is 12.8 Å². The Balaban J connectivity index is 2.27. The van der Waals surface area contributed by atoms with Gasteiger partial charge in [-0.1, -0.05) is 0 Å². The second-order valence-electron chi connectivity index (χ2n) is 3.69. The average molecular weight is 202 g/mol. The molecular weight excluding hydrogens is 184 g/mol. The highest BCUT2D eigenvalue weighted by Gasteiger charge is 2.23. The number of carbonyl (C=O) groups excluding carboxylic acids is 1. The van der Waals surface area contributed by atoms with Gasteiger partial charge in [-0.3, -0.25) is 0 Å². The van der Waals surface area contributed by atoms with E-state index in [4.69, 9.17) is 15.6 Å². The summed E-state index contributed by atoms with van der Waals surface area (Å²) < 4.78 is 5.10. The predicted octanol–water partition coefficient (Wildman–Crippen LogP) is -1.06. The van der Waals surface area contributed by atoms with Gasteiger partial charge >= 0.3 is 5.97 Å². The molecule has 1 rings (SSSR count). The summed E-state index contributed by atoms with van der Waals surface area (Å²) in [4.78, 5) is 13.3. The van der Waals surface area contributed by atoms with E-state index in [1.807, 2.05) is 7.05 Å². The SMILES string of the molecule is CN1CCC(OC(=O)C(O)CN)CC1. The highest BCUT2D eigenvalue weighted by atomic mass is 16.6. The van der Waals surface area contributed by atoms with Gasteiger partial charge in [0.2, 0.25) is 0 Å². The molecule has 0 spiro atoms. The summed E-state index contributed by atoms with van der Waals surface area (Å²) >= 11 is 0. The number of hydrogen-bond acceptors (Lipinski definition) is 5. The van der Waals surface area contributed by atoms with Crippen molar-refractivity contribution < 1.29 is 14.6 Å². The van der Waals surface area contributed by atoms with Gasteiger partial charge in [0.25, 0.3) is 0 Å². The second-order valence-corrected chi connectivity index (χ2v) is 3.69. The quantitative estimate of drug-likeness (QED) is 0.571. The van der Waals surface area contributed by atoms with Crippen molar-refractivity contribution in [3.8, 4) is 0 Å². The van der Waals surface area contributed by atoms with Gasteiger partial charge in [-0.15, -0.1) is 0 Å². The van der Waals surface area contributed by atoms with Gasteiger partial charge in [-0.2, -0.15) is 0 Å². The summed E-state index contributed by atoms with van der Waals surface area (Å²) in [5, 5.41) is 9.10. The first-order chi connectivity index (χ1) is 6.63. The van der Waals surface area contributed by atoms with Gasteiger partial charge < -0.3 is 20.5 Å². The Kier molecular flexibility index (Phi) is 4.31. The number of hydrogen-bond donors (Lipinski definition) is 2. The molecule has 1 heterocycles. The number of esters is 1. The number of rotatable bonds is 3. The van der Waals surface area contributed by atoms with Crippen molar-refractivity contribution in [3.05, 3.63) is 0 Å². The lowest BCUT2D eigenvalue weighted by atomic mass is 10.1. The standard InChI is InChI=1S/C9H18N2O3/c1-11-4-2-7(3-5-11)14-9(13)8(12)6-10/h7-8,12H,2-6,10H2,1H3. The molecule has 0 radical (unpaired) electrons. The molecule has 1 aliphatic rings. The third-order valence-electron chi connectivity index (χ3n) is 2.44. The lowest BCUT2D eigenvalue weighted by molar-refractivity contribution is -0.160. The summed E-state index contributed by atoms with van der Waals surface area (Å²) in [7, 11) is 2.03. The van der Waals surface area contributed by atoms with Crippen LogP contribution in [0.2, 0.25) is 0 Å². The Morgan fingerprint density at radius 3 is 2.71 bits per heavy atom. The van der Waals surface area contributed by atoms with Crippen molar-refractivity contribution in [2.75, 3.05) is 26.7 Å². The highest BCUT2D eigenvalue weighted by molar-refractivity contribution is 5.74. The molecule has 14 heavy (non-hydrogen) atoms. The molecule has 0 amide bonds. The topological polar surface area (TPSA) is 75.8 Å². The summed E-state index contributed by atoms with van der Waals surface area (Å²) in [6.07, 6.45) is 0.438. The molecule has 0 aromatic carbocycles. The average Bonchev–Trinajstić information content (AvgIpc) is 2.20. The van der Waals surface area contributed by atoms with E-state index < -0.39 is 12.1 Å². The minimum absolute atomic E-state index is 0.0556. The molecule has 0 bridgehead atoms. The highest BCUT2D eigenvalue weighted by Crippen LogP contribution is 2.12. The number of piperidine rings is 1. The Bertz CT molecular complexity index is 190. The van der Waals surface area contributed by atoms with Crippen LogP contribution in [0.5, 0.6) is 0 Å². The first-order valence-corrected chi connectivity index (χ1v) is 4.90. The van der Waals surface area contributed by atoms with Crippen LogP contribution in [0.3, 0.4) is 0 Å². The van der Waals surface area contributed by atoms with Crippen LogP contribution in [0, 0.1) is 0 Å². The first-order valence-electron chi connectivity index (χ1n) is 4.90. The van der Waals surface area contributed by atoms with Crippen LogP contribution in [0.4, 0.5) is 0 Å². The fraction of sp³-hybridized carbons (Fsp3) is 0.889. The molecule has 1 atom stereocenters. The zero-order valence-electron chi connectivity index (χ0n) is 8.48. The van der Waals surface area contributed by atoms with Gasteiger partial charge in [0.05, 0.1) is 0 Å². The molecular formula is C9H18N2O3. The maximum Gasteiger partial charge on any atom is 0.336 e. The molecule has 5 nitrogen and oxygen atoms in total. The zero-order chi connectivity index (χ0) is 10.6. The number of nitrogens with zero attached hydrogens (tertiary/aromatic N) is 1. The number of nitrogens with two attached hydrogens (primary N) is 1. The smallest absolute Gasteiger partial charge is 0.336 e. The van der Waals surface area contributed by atoms with Crippen molar-refractivity contribution in [1.29, 1.82) is 0 Å². The molecule has 0 aliphatic carbocycles. The summed E-state index contributed by atoms with van der Waals surface area (Å²) in [5.74, 6) is -0.595. The van der Waals surface area contributed by atoms with E-state index in [1.54, 1.807) is 0 Å². The molecule has 0 saturated carbocycles. The minimum Gasteiger partial charge on any atom is -0.460 e. The summed E-state index contributed by atoms with van der Waals surface area (Å²) in [6.45, 7) is 1.78. The monoisotopic (exact) mass is 202 g/mol. The van der Waals surface area contributed by atoms with Crippen LogP contribution in [0.25, 0.3) is 0 Å². The number of aliphatic hydroxyl groups is 1. The van der Waals surface area contributed by atoms with Crippen LogP contribution >= 0.6 is 0 Å². The van der Waals surface area contributed by atoms with E-state index >= 15 is 0 Å². The fourth-order valence-corrected chi connectivity index (χ4v) is 1.44. The molecule has 1 aliphatic heterocycles. The van der Waals surface area contributed by atoms with Gasteiger partial charge in [0.1, 0.15) is 6.10 Å². The second kappa shape index (κ2) is 5.29. The summed E-state index contributed by atoms with van der Waals surface area (Å²) in [6, 6.07) is 0. The Morgan fingerprint density at radius 1 is 1.64 bits per heavy atom. The normalized spacial score (nSPS) is 21.9. The Labute approximate surface area is 83.8 Å². The number of ether oxygens (including phenoxy) is 1. The van der Waals surface area contributed by atoms with Gasteiger partial charge in [-0.25, -0.2) is 4.79 Å². The van der Waals surface area contributed by atoms with Gasteiger partial charge in [0, 0.05) is 19.6 Å². The van der Waals surface area contributed by atoms with Crippen molar-refractivity contribution in [2.45, 2.75) is 25.0 Å². The maximum atomic E-state index is 11.2. The van der Waals surface area contributed by atoms with Crippen LogP contribution in [-0.2, 0) is 9.53 Å². The third-order valence-corrected chi connectivity index (χ3v) is 2.44. The van der Waals surface area contributed by atoms with Crippen LogP contribution in [0.15, 0.2) is 0 Å². The molecule has 1 fully saturated rings. The van der Waals surface area contributed by atoms with Crippen LogP contribution in [-0.4, -0.2) is 54.9 Å². The lowest BCUT2D eigenvalue weighted by Gasteiger charge is -2.29. The molecule has 0 aromatic rings.